The molecular formula is C29H25BrClN3O4S. The second-order valence-corrected chi connectivity index (χ2v) is 11.3. The minimum absolute atomic E-state index is 0.238. The molecule has 10 heteroatoms. The average molecular weight is 627 g/mol. The predicted octanol–water partition coefficient (Wildman–Crippen LogP) is 6.07. The third-order valence-electron chi connectivity index (χ3n) is 6.52. The van der Waals surface area contributed by atoms with Crippen molar-refractivity contribution in [1.29, 1.82) is 0 Å². The number of halogens is 2. The molecule has 3 aromatic carbocycles. The van der Waals surface area contributed by atoms with Crippen molar-refractivity contribution in [2.45, 2.75) is 6.61 Å². The maximum absolute atomic E-state index is 13.2. The number of ether oxygens (including phenoxy) is 1. The summed E-state index contributed by atoms with van der Waals surface area (Å²) in [6.07, 6.45) is 1.63. The topological polar surface area (TPSA) is 70.2 Å². The van der Waals surface area contributed by atoms with Gasteiger partial charge in [-0.15, -0.1) is 0 Å². The van der Waals surface area contributed by atoms with Crippen molar-refractivity contribution in [2.24, 2.45) is 0 Å². The highest BCUT2D eigenvalue weighted by molar-refractivity contribution is 9.10. The van der Waals surface area contributed by atoms with Crippen LogP contribution in [0.15, 0.2) is 82.2 Å². The number of carbonyl (C=O) groups excluding carboxylic acids is 3. The second kappa shape index (κ2) is 12.3. The van der Waals surface area contributed by atoms with E-state index in [1.54, 1.807) is 23.1 Å². The van der Waals surface area contributed by atoms with E-state index in [1.165, 1.54) is 0 Å². The lowest BCUT2D eigenvalue weighted by Crippen LogP contribution is -2.51. The molecule has 200 valence electrons. The molecule has 0 saturated carbocycles. The van der Waals surface area contributed by atoms with Crippen molar-refractivity contribution in [3.8, 4) is 5.75 Å². The first kappa shape index (κ1) is 27.3. The lowest BCUT2D eigenvalue weighted by molar-refractivity contribution is -0.136. The third-order valence-corrected chi connectivity index (χ3v) is 8.29. The van der Waals surface area contributed by atoms with Crippen molar-refractivity contribution < 1.29 is 19.1 Å². The van der Waals surface area contributed by atoms with Crippen LogP contribution in [0.5, 0.6) is 5.75 Å². The summed E-state index contributed by atoms with van der Waals surface area (Å²) in [5.74, 6) is -0.187. The molecule has 39 heavy (non-hydrogen) atoms. The third kappa shape index (κ3) is 6.49. The van der Waals surface area contributed by atoms with Crippen LogP contribution in [0.2, 0.25) is 5.02 Å². The van der Waals surface area contributed by atoms with Gasteiger partial charge in [0, 0.05) is 52.5 Å². The zero-order valence-electron chi connectivity index (χ0n) is 20.9. The molecule has 3 aromatic rings. The van der Waals surface area contributed by atoms with Gasteiger partial charge in [-0.25, -0.2) is 0 Å². The van der Waals surface area contributed by atoms with Gasteiger partial charge in [-0.2, -0.15) is 0 Å². The molecule has 2 aliphatic rings. The van der Waals surface area contributed by atoms with Crippen LogP contribution in [0.25, 0.3) is 6.08 Å². The molecule has 0 N–H and O–H groups in total. The number of thioether (sulfide) groups is 1. The standard InChI is InChI=1S/C29H25BrClN3O4S/c30-22-10-11-25(38-19-20-6-4-5-9-24(20)31)21(16-22)17-26-28(36)34(29(37)39-26)18-27(35)33-14-12-32(13-15-33)23-7-2-1-3-8-23/h1-11,16-17H,12-15,18-19H2/b26-17+. The first-order chi connectivity index (χ1) is 18.9. The van der Waals surface area contributed by atoms with Gasteiger partial charge in [0.25, 0.3) is 11.1 Å². The smallest absolute Gasteiger partial charge is 0.294 e. The number of hydrogen-bond acceptors (Lipinski definition) is 6. The van der Waals surface area contributed by atoms with E-state index < -0.39 is 11.1 Å². The molecule has 0 atom stereocenters. The Kier molecular flexibility index (Phi) is 8.60. The summed E-state index contributed by atoms with van der Waals surface area (Å²) in [4.78, 5) is 44.1. The van der Waals surface area contributed by atoms with Gasteiger partial charge in [0.1, 0.15) is 18.9 Å². The molecule has 0 unspecified atom stereocenters. The van der Waals surface area contributed by atoms with Crippen LogP contribution >= 0.6 is 39.3 Å². The van der Waals surface area contributed by atoms with E-state index in [9.17, 15) is 14.4 Å². The van der Waals surface area contributed by atoms with Gasteiger partial charge in [0.05, 0.1) is 4.91 Å². The SMILES string of the molecule is O=C(CN1C(=O)S/C(=C/c2cc(Br)ccc2OCc2ccccc2Cl)C1=O)N1CCN(c2ccccc2)CC1. The van der Waals surface area contributed by atoms with Crippen molar-refractivity contribution >= 4 is 68.1 Å². The highest BCUT2D eigenvalue weighted by atomic mass is 79.9. The summed E-state index contributed by atoms with van der Waals surface area (Å²) in [7, 11) is 0. The first-order valence-corrected chi connectivity index (χ1v) is 14.4. The quantitative estimate of drug-likeness (QED) is 0.297. The predicted molar refractivity (Wildman–Crippen MR) is 158 cm³/mol. The number of hydrogen-bond donors (Lipinski definition) is 0. The minimum Gasteiger partial charge on any atom is -0.488 e. The Morgan fingerprint density at radius 2 is 1.69 bits per heavy atom. The molecule has 2 heterocycles. The maximum atomic E-state index is 13.2. The van der Waals surface area contributed by atoms with E-state index in [0.29, 0.717) is 42.5 Å². The minimum atomic E-state index is -0.488. The first-order valence-electron chi connectivity index (χ1n) is 12.4. The molecule has 2 aliphatic heterocycles. The lowest BCUT2D eigenvalue weighted by Gasteiger charge is -2.36. The fourth-order valence-electron chi connectivity index (χ4n) is 4.40. The fourth-order valence-corrected chi connectivity index (χ4v) is 5.80. The van der Waals surface area contributed by atoms with Crippen molar-refractivity contribution in [3.63, 3.8) is 0 Å². The molecule has 7 nitrogen and oxygen atoms in total. The summed E-state index contributed by atoms with van der Waals surface area (Å²) < 4.78 is 6.80. The highest BCUT2D eigenvalue weighted by Gasteiger charge is 2.37. The number of para-hydroxylation sites is 1. The number of anilines is 1. The molecule has 2 fully saturated rings. The van der Waals surface area contributed by atoms with Crippen LogP contribution in [0.3, 0.4) is 0 Å². The lowest BCUT2D eigenvalue weighted by atomic mass is 10.1. The Hall–Kier alpha value is -3.27. The largest absolute Gasteiger partial charge is 0.488 e. The summed E-state index contributed by atoms with van der Waals surface area (Å²) in [5, 5.41) is 0.138. The van der Waals surface area contributed by atoms with Crippen molar-refractivity contribution in [3.05, 3.63) is 98.3 Å². The molecule has 3 amide bonds. The van der Waals surface area contributed by atoms with Crippen LogP contribution in [0.1, 0.15) is 11.1 Å². The Morgan fingerprint density at radius 1 is 0.974 bits per heavy atom. The number of imide groups is 1. The van der Waals surface area contributed by atoms with Crippen molar-refractivity contribution in [2.75, 3.05) is 37.6 Å². The maximum Gasteiger partial charge on any atom is 0.294 e. The van der Waals surface area contributed by atoms with Crippen LogP contribution < -0.4 is 9.64 Å². The number of nitrogens with zero attached hydrogens (tertiary/aromatic N) is 3. The summed E-state index contributed by atoms with van der Waals surface area (Å²) in [6, 6.07) is 22.9. The summed E-state index contributed by atoms with van der Waals surface area (Å²) in [6.45, 7) is 2.42. The van der Waals surface area contributed by atoms with Gasteiger partial charge in [-0.1, -0.05) is 63.9 Å². The number of rotatable bonds is 7. The van der Waals surface area contributed by atoms with E-state index in [-0.39, 0.29) is 24.0 Å². The van der Waals surface area contributed by atoms with Gasteiger partial charge >= 0.3 is 0 Å². The van der Waals surface area contributed by atoms with Crippen molar-refractivity contribution in [1.82, 2.24) is 9.80 Å². The van der Waals surface area contributed by atoms with E-state index >= 15 is 0 Å². The van der Waals surface area contributed by atoms with E-state index in [2.05, 4.69) is 20.8 Å². The van der Waals surface area contributed by atoms with Crippen LogP contribution in [0.4, 0.5) is 10.5 Å². The summed E-state index contributed by atoms with van der Waals surface area (Å²) >= 11 is 10.5. The van der Waals surface area contributed by atoms with Gasteiger partial charge in [0.2, 0.25) is 5.91 Å². The normalized spacial score (nSPS) is 16.8. The van der Waals surface area contributed by atoms with Gasteiger partial charge in [-0.3, -0.25) is 19.3 Å². The van der Waals surface area contributed by atoms with Gasteiger partial charge < -0.3 is 14.5 Å². The summed E-state index contributed by atoms with van der Waals surface area (Å²) in [5.41, 5.74) is 2.57. The molecule has 5 rings (SSSR count). The Labute approximate surface area is 244 Å². The van der Waals surface area contributed by atoms with Crippen LogP contribution in [-0.4, -0.2) is 59.6 Å². The molecular weight excluding hydrogens is 602 g/mol. The average Bonchev–Trinajstić information content (AvgIpc) is 3.21. The zero-order valence-corrected chi connectivity index (χ0v) is 24.0. The molecule has 0 aromatic heterocycles. The Morgan fingerprint density at radius 3 is 2.44 bits per heavy atom. The molecule has 0 spiro atoms. The molecule has 0 aliphatic carbocycles. The highest BCUT2D eigenvalue weighted by Crippen LogP contribution is 2.35. The van der Waals surface area contributed by atoms with E-state index in [1.807, 2.05) is 60.7 Å². The molecule has 2 saturated heterocycles. The monoisotopic (exact) mass is 625 g/mol. The van der Waals surface area contributed by atoms with E-state index in [4.69, 9.17) is 16.3 Å². The fraction of sp³-hybridized carbons (Fsp3) is 0.207. The number of carbonyl (C=O) groups is 3. The van der Waals surface area contributed by atoms with Crippen LogP contribution in [-0.2, 0) is 16.2 Å². The Bertz CT molecular complexity index is 1430. The number of piperazine rings is 1. The van der Waals surface area contributed by atoms with E-state index in [0.717, 1.165) is 32.4 Å². The number of benzene rings is 3. The zero-order chi connectivity index (χ0) is 27.4. The second-order valence-electron chi connectivity index (χ2n) is 9.03. The van der Waals surface area contributed by atoms with Gasteiger partial charge in [-0.05, 0) is 54.2 Å². The molecule has 0 bridgehead atoms. The number of amides is 3. The Balaban J connectivity index is 1.24. The van der Waals surface area contributed by atoms with Crippen LogP contribution in [0, 0.1) is 0 Å². The molecule has 0 radical (unpaired) electrons. The van der Waals surface area contributed by atoms with Gasteiger partial charge in [0.15, 0.2) is 0 Å².